The normalized spacial score (nSPS) is 15.8. The fourth-order valence-corrected chi connectivity index (χ4v) is 4.83. The number of fused-ring (bicyclic) bond motifs is 1. The predicted molar refractivity (Wildman–Crippen MR) is 134 cm³/mol. The van der Waals surface area contributed by atoms with Crippen LogP contribution in [0.5, 0.6) is 11.5 Å². The van der Waals surface area contributed by atoms with Crippen LogP contribution in [-0.2, 0) is 11.3 Å². The van der Waals surface area contributed by atoms with E-state index in [2.05, 4.69) is 42.7 Å². The summed E-state index contributed by atoms with van der Waals surface area (Å²) in [5, 5.41) is 0. The number of carbonyl (C=O) groups is 1. The van der Waals surface area contributed by atoms with Crippen LogP contribution in [0.15, 0.2) is 60.7 Å². The van der Waals surface area contributed by atoms with E-state index in [1.165, 1.54) is 16.7 Å². The largest absolute Gasteiger partial charge is 0.497 e. The molecule has 1 aliphatic heterocycles. The minimum absolute atomic E-state index is 0.0269. The summed E-state index contributed by atoms with van der Waals surface area (Å²) in [5.74, 6) is 2.32. The molecule has 6 nitrogen and oxygen atoms in total. The van der Waals surface area contributed by atoms with Crippen molar-refractivity contribution in [2.45, 2.75) is 32.7 Å². The maximum atomic E-state index is 13.2. The van der Waals surface area contributed by atoms with Gasteiger partial charge in [0.15, 0.2) is 0 Å². The number of anilines is 1. The highest BCUT2D eigenvalue weighted by Crippen LogP contribution is 2.39. The first kappa shape index (κ1) is 22.0. The predicted octanol–water partition coefficient (Wildman–Crippen LogP) is 5.24. The summed E-state index contributed by atoms with van der Waals surface area (Å²) in [6.45, 7) is 5.52. The number of nitrogens with zero attached hydrogens (tertiary/aromatic N) is 3. The molecule has 0 saturated carbocycles. The van der Waals surface area contributed by atoms with Gasteiger partial charge in [-0.25, -0.2) is 4.98 Å². The molecule has 4 aromatic rings. The molecule has 174 valence electrons. The number of carbonyl (C=O) groups excluding carboxylic acids is 1. The minimum Gasteiger partial charge on any atom is -0.497 e. The number of para-hydroxylation sites is 2. The van der Waals surface area contributed by atoms with E-state index in [-0.39, 0.29) is 11.8 Å². The number of ether oxygens (including phenoxy) is 2. The Labute approximate surface area is 199 Å². The van der Waals surface area contributed by atoms with E-state index in [0.717, 1.165) is 29.1 Å². The molecule has 0 radical (unpaired) electrons. The molecular weight excluding hydrogens is 426 g/mol. The van der Waals surface area contributed by atoms with E-state index in [9.17, 15) is 4.79 Å². The third kappa shape index (κ3) is 3.89. The Balaban J connectivity index is 1.55. The molecule has 1 saturated heterocycles. The van der Waals surface area contributed by atoms with Crippen LogP contribution in [0.1, 0.15) is 34.9 Å². The molecule has 1 aliphatic rings. The number of hydrogen-bond acceptors (Lipinski definition) is 4. The van der Waals surface area contributed by atoms with Crippen molar-refractivity contribution in [1.29, 1.82) is 0 Å². The highest BCUT2D eigenvalue weighted by Gasteiger charge is 2.36. The lowest BCUT2D eigenvalue weighted by Gasteiger charge is -2.21. The Morgan fingerprint density at radius 1 is 1.00 bits per heavy atom. The van der Waals surface area contributed by atoms with Crippen LogP contribution in [0, 0.1) is 13.8 Å². The molecule has 1 aromatic heterocycles. The van der Waals surface area contributed by atoms with Gasteiger partial charge < -0.3 is 18.9 Å². The summed E-state index contributed by atoms with van der Waals surface area (Å²) in [4.78, 5) is 20.0. The number of benzene rings is 3. The lowest BCUT2D eigenvalue weighted by Crippen LogP contribution is -2.25. The maximum Gasteiger partial charge on any atom is 0.227 e. The third-order valence-corrected chi connectivity index (χ3v) is 6.68. The molecule has 0 N–H and O–H groups in total. The van der Waals surface area contributed by atoms with Gasteiger partial charge >= 0.3 is 0 Å². The Kier molecular flexibility index (Phi) is 5.74. The average Bonchev–Trinajstić information content (AvgIpc) is 3.41. The van der Waals surface area contributed by atoms with Crippen molar-refractivity contribution in [1.82, 2.24) is 9.55 Å². The smallest absolute Gasteiger partial charge is 0.227 e. The van der Waals surface area contributed by atoms with Gasteiger partial charge in [0, 0.05) is 31.5 Å². The molecule has 34 heavy (non-hydrogen) atoms. The number of amides is 1. The standard InChI is InChI=1S/C28H29N3O3/c1-18-9-10-19(2)20(13-18)16-31-24-8-6-5-7-23(24)29-28(31)21-14-27(32)30(17-21)25-15-22(33-3)11-12-26(25)34-4/h5-13,15,21H,14,16-17H2,1-4H3. The van der Waals surface area contributed by atoms with E-state index in [1.807, 2.05) is 36.4 Å². The summed E-state index contributed by atoms with van der Waals surface area (Å²) in [5.41, 5.74) is 6.51. The minimum atomic E-state index is -0.0269. The summed E-state index contributed by atoms with van der Waals surface area (Å²) in [6, 6.07) is 20.3. The lowest BCUT2D eigenvalue weighted by atomic mass is 10.0. The first-order valence-electron chi connectivity index (χ1n) is 11.5. The van der Waals surface area contributed by atoms with Crippen molar-refractivity contribution >= 4 is 22.6 Å². The number of methoxy groups -OCH3 is 2. The zero-order valence-corrected chi connectivity index (χ0v) is 20.0. The molecular formula is C28H29N3O3. The van der Waals surface area contributed by atoms with E-state index in [1.54, 1.807) is 19.1 Å². The fraction of sp³-hybridized carbons (Fsp3) is 0.286. The fourth-order valence-electron chi connectivity index (χ4n) is 4.83. The van der Waals surface area contributed by atoms with Crippen LogP contribution >= 0.6 is 0 Å². The summed E-state index contributed by atoms with van der Waals surface area (Å²) < 4.78 is 13.2. The van der Waals surface area contributed by atoms with Crippen molar-refractivity contribution < 1.29 is 14.3 Å². The number of aromatic nitrogens is 2. The Morgan fingerprint density at radius 3 is 2.62 bits per heavy atom. The van der Waals surface area contributed by atoms with Crippen molar-refractivity contribution in [3.05, 3.63) is 83.2 Å². The zero-order valence-electron chi connectivity index (χ0n) is 20.0. The molecule has 1 fully saturated rings. The van der Waals surface area contributed by atoms with Crippen LogP contribution in [0.3, 0.4) is 0 Å². The molecule has 0 aliphatic carbocycles. The highest BCUT2D eigenvalue weighted by molar-refractivity contribution is 5.98. The summed E-state index contributed by atoms with van der Waals surface area (Å²) in [6.07, 6.45) is 0.399. The number of aryl methyl sites for hydroxylation is 2. The first-order valence-corrected chi connectivity index (χ1v) is 11.5. The van der Waals surface area contributed by atoms with Gasteiger partial charge in [-0.1, -0.05) is 35.9 Å². The quantitative estimate of drug-likeness (QED) is 0.399. The van der Waals surface area contributed by atoms with Crippen molar-refractivity contribution in [2.75, 3.05) is 25.7 Å². The van der Waals surface area contributed by atoms with E-state index < -0.39 is 0 Å². The number of hydrogen-bond donors (Lipinski definition) is 0. The monoisotopic (exact) mass is 455 g/mol. The Hall–Kier alpha value is -3.80. The van der Waals surface area contributed by atoms with Gasteiger partial charge in [-0.05, 0) is 49.2 Å². The molecule has 6 heteroatoms. The van der Waals surface area contributed by atoms with Crippen LogP contribution in [0.25, 0.3) is 11.0 Å². The number of rotatable bonds is 6. The van der Waals surface area contributed by atoms with Crippen molar-refractivity contribution in [2.24, 2.45) is 0 Å². The van der Waals surface area contributed by atoms with Gasteiger partial charge in [0.2, 0.25) is 5.91 Å². The average molecular weight is 456 g/mol. The maximum absolute atomic E-state index is 13.2. The molecule has 5 rings (SSSR count). The number of imidazole rings is 1. The second-order valence-corrected chi connectivity index (χ2v) is 8.92. The van der Waals surface area contributed by atoms with Gasteiger partial charge in [0.05, 0.1) is 30.9 Å². The van der Waals surface area contributed by atoms with Crippen molar-refractivity contribution in [3.63, 3.8) is 0 Å². The molecule has 2 heterocycles. The van der Waals surface area contributed by atoms with Gasteiger partial charge in [-0.3, -0.25) is 4.79 Å². The van der Waals surface area contributed by atoms with Crippen LogP contribution < -0.4 is 14.4 Å². The zero-order chi connectivity index (χ0) is 23.8. The first-order chi connectivity index (χ1) is 16.5. The van der Waals surface area contributed by atoms with Gasteiger partial charge in [-0.15, -0.1) is 0 Å². The molecule has 0 spiro atoms. The molecule has 0 bridgehead atoms. The topological polar surface area (TPSA) is 56.6 Å². The lowest BCUT2D eigenvalue weighted by molar-refractivity contribution is -0.117. The van der Waals surface area contributed by atoms with Crippen LogP contribution in [0.2, 0.25) is 0 Å². The summed E-state index contributed by atoms with van der Waals surface area (Å²) >= 11 is 0. The third-order valence-electron chi connectivity index (χ3n) is 6.68. The van der Waals surface area contributed by atoms with Crippen LogP contribution in [-0.4, -0.2) is 36.2 Å². The second kappa shape index (κ2) is 8.86. The van der Waals surface area contributed by atoms with E-state index in [4.69, 9.17) is 14.5 Å². The van der Waals surface area contributed by atoms with Gasteiger partial charge in [0.25, 0.3) is 0 Å². The second-order valence-electron chi connectivity index (χ2n) is 8.92. The Morgan fingerprint density at radius 2 is 1.82 bits per heavy atom. The van der Waals surface area contributed by atoms with E-state index >= 15 is 0 Å². The summed E-state index contributed by atoms with van der Waals surface area (Å²) in [7, 11) is 3.24. The Bertz CT molecular complexity index is 1370. The van der Waals surface area contributed by atoms with Crippen molar-refractivity contribution in [3.8, 4) is 11.5 Å². The molecule has 1 unspecified atom stereocenters. The van der Waals surface area contributed by atoms with E-state index in [0.29, 0.717) is 24.5 Å². The molecule has 1 amide bonds. The SMILES string of the molecule is COc1ccc(OC)c(N2CC(c3nc4ccccc4n3Cc3cc(C)ccc3C)CC2=O)c1. The van der Waals surface area contributed by atoms with Gasteiger partial charge in [-0.2, -0.15) is 0 Å². The molecule has 3 aromatic carbocycles. The molecule has 1 atom stereocenters. The van der Waals surface area contributed by atoms with Gasteiger partial charge in [0.1, 0.15) is 17.3 Å². The van der Waals surface area contributed by atoms with Crippen LogP contribution in [0.4, 0.5) is 5.69 Å². The highest BCUT2D eigenvalue weighted by atomic mass is 16.5.